The summed E-state index contributed by atoms with van der Waals surface area (Å²) in [7, 11) is 0. The van der Waals surface area contributed by atoms with Crippen molar-refractivity contribution in [3.63, 3.8) is 0 Å². The minimum Gasteiger partial charge on any atom is -0.339 e. The van der Waals surface area contributed by atoms with Crippen LogP contribution in [0.4, 0.5) is 0 Å². The van der Waals surface area contributed by atoms with Crippen molar-refractivity contribution in [2.45, 2.75) is 18.8 Å². The molecule has 1 fully saturated rings. The summed E-state index contributed by atoms with van der Waals surface area (Å²) in [4.78, 5) is 23.6. The molecule has 1 aliphatic heterocycles. The van der Waals surface area contributed by atoms with Gasteiger partial charge in [0.1, 0.15) is 0 Å². The third kappa shape index (κ3) is 4.90. The van der Waals surface area contributed by atoms with Crippen LogP contribution in [0.3, 0.4) is 0 Å². The topological polar surface area (TPSA) is 46.1 Å². The molecular formula is C24H22ClN3O. The van der Waals surface area contributed by atoms with Gasteiger partial charge in [0, 0.05) is 47.6 Å². The Morgan fingerprint density at radius 3 is 2.45 bits per heavy atom. The molecule has 0 N–H and O–H groups in total. The van der Waals surface area contributed by atoms with Crippen LogP contribution in [0.1, 0.15) is 30.0 Å². The molecule has 1 amide bonds. The van der Waals surface area contributed by atoms with E-state index in [1.807, 2.05) is 77.8 Å². The lowest BCUT2D eigenvalue weighted by molar-refractivity contribution is -0.126. The van der Waals surface area contributed by atoms with Gasteiger partial charge in [-0.1, -0.05) is 54.1 Å². The summed E-state index contributed by atoms with van der Waals surface area (Å²) in [5.74, 6) is 1.16. The highest BCUT2D eigenvalue weighted by Gasteiger charge is 2.24. The number of hydrogen-bond acceptors (Lipinski definition) is 3. The fourth-order valence-corrected chi connectivity index (χ4v) is 3.69. The van der Waals surface area contributed by atoms with Crippen LogP contribution in [0.15, 0.2) is 72.9 Å². The van der Waals surface area contributed by atoms with E-state index in [0.29, 0.717) is 10.9 Å². The van der Waals surface area contributed by atoms with Crippen LogP contribution in [-0.4, -0.2) is 33.9 Å². The molecular weight excluding hydrogens is 382 g/mol. The van der Waals surface area contributed by atoms with Crippen molar-refractivity contribution < 1.29 is 4.79 Å². The minimum absolute atomic E-state index is 0.0473. The van der Waals surface area contributed by atoms with E-state index in [1.165, 1.54) is 0 Å². The number of carbonyl (C=O) groups excluding carboxylic acids is 1. The maximum absolute atomic E-state index is 12.5. The van der Waals surface area contributed by atoms with E-state index in [4.69, 9.17) is 16.6 Å². The molecule has 0 spiro atoms. The quantitative estimate of drug-likeness (QED) is 0.561. The number of rotatable bonds is 4. The van der Waals surface area contributed by atoms with Gasteiger partial charge in [0.25, 0.3) is 0 Å². The molecule has 1 aliphatic rings. The highest BCUT2D eigenvalue weighted by molar-refractivity contribution is 6.30. The molecule has 1 aromatic heterocycles. The van der Waals surface area contributed by atoms with E-state index in [2.05, 4.69) is 4.98 Å². The number of amides is 1. The fourth-order valence-electron chi connectivity index (χ4n) is 3.57. The van der Waals surface area contributed by atoms with Crippen LogP contribution in [0.25, 0.3) is 17.5 Å². The number of aromatic nitrogens is 2. The Hall–Kier alpha value is -2.98. The summed E-state index contributed by atoms with van der Waals surface area (Å²) in [6.07, 6.45) is 7.12. The standard InChI is InChI=1S/C24H22ClN3O/c25-21-9-6-18(7-10-21)8-11-23(29)28-16-13-19(14-17-28)22-12-15-26-24(27-22)20-4-2-1-3-5-20/h1-12,15,19H,13-14,16-17H2/b11-8+. The summed E-state index contributed by atoms with van der Waals surface area (Å²) in [5, 5.41) is 0.690. The maximum Gasteiger partial charge on any atom is 0.246 e. The Kier molecular flexibility index (Phi) is 6.01. The van der Waals surface area contributed by atoms with Gasteiger partial charge < -0.3 is 4.90 Å². The molecule has 0 aliphatic carbocycles. The van der Waals surface area contributed by atoms with E-state index in [-0.39, 0.29) is 5.91 Å². The molecule has 2 heterocycles. The van der Waals surface area contributed by atoms with Crippen LogP contribution in [0.5, 0.6) is 0 Å². The summed E-state index contributed by atoms with van der Waals surface area (Å²) < 4.78 is 0. The van der Waals surface area contributed by atoms with E-state index < -0.39 is 0 Å². The zero-order valence-electron chi connectivity index (χ0n) is 16.0. The van der Waals surface area contributed by atoms with Crippen molar-refractivity contribution in [2.75, 3.05) is 13.1 Å². The Labute approximate surface area is 175 Å². The monoisotopic (exact) mass is 403 g/mol. The SMILES string of the molecule is O=C(/C=C/c1ccc(Cl)cc1)N1CCC(c2ccnc(-c3ccccc3)n2)CC1. The molecule has 0 unspecified atom stereocenters. The molecule has 2 aromatic carbocycles. The van der Waals surface area contributed by atoms with Gasteiger partial charge in [-0.15, -0.1) is 0 Å². The smallest absolute Gasteiger partial charge is 0.246 e. The van der Waals surface area contributed by atoms with Crippen molar-refractivity contribution in [3.8, 4) is 11.4 Å². The third-order valence-corrected chi connectivity index (χ3v) is 5.47. The first-order chi connectivity index (χ1) is 14.2. The summed E-state index contributed by atoms with van der Waals surface area (Å²) in [6.45, 7) is 1.47. The molecule has 3 aromatic rings. The van der Waals surface area contributed by atoms with Crippen molar-refractivity contribution in [2.24, 2.45) is 0 Å². The Bertz CT molecular complexity index is 994. The van der Waals surface area contributed by atoms with Crippen molar-refractivity contribution in [1.82, 2.24) is 14.9 Å². The van der Waals surface area contributed by atoms with Crippen molar-refractivity contribution in [3.05, 3.63) is 89.2 Å². The van der Waals surface area contributed by atoms with Gasteiger partial charge in [-0.3, -0.25) is 4.79 Å². The second kappa shape index (κ2) is 9.01. The van der Waals surface area contributed by atoms with E-state index >= 15 is 0 Å². The largest absolute Gasteiger partial charge is 0.339 e. The average Bonchev–Trinajstić information content (AvgIpc) is 2.79. The molecule has 4 rings (SSSR count). The lowest BCUT2D eigenvalue weighted by Gasteiger charge is -2.31. The number of benzene rings is 2. The normalized spacial score (nSPS) is 15.0. The highest BCUT2D eigenvalue weighted by Crippen LogP contribution is 2.28. The number of likely N-dealkylation sites (tertiary alicyclic amines) is 1. The van der Waals surface area contributed by atoms with Crippen LogP contribution in [-0.2, 0) is 4.79 Å². The van der Waals surface area contributed by atoms with E-state index in [9.17, 15) is 4.79 Å². The predicted octanol–water partition coefficient (Wildman–Crippen LogP) is 5.22. The first kappa shape index (κ1) is 19.3. The van der Waals surface area contributed by atoms with Crippen LogP contribution in [0, 0.1) is 0 Å². The number of carbonyl (C=O) groups is 1. The summed E-state index contributed by atoms with van der Waals surface area (Å²) >= 11 is 5.90. The zero-order valence-corrected chi connectivity index (χ0v) is 16.8. The second-order valence-electron chi connectivity index (χ2n) is 7.16. The maximum atomic E-state index is 12.5. The van der Waals surface area contributed by atoms with Gasteiger partial charge in [0.2, 0.25) is 5.91 Å². The molecule has 0 radical (unpaired) electrons. The predicted molar refractivity (Wildman–Crippen MR) is 117 cm³/mol. The number of nitrogens with zero attached hydrogens (tertiary/aromatic N) is 3. The molecule has 29 heavy (non-hydrogen) atoms. The van der Waals surface area contributed by atoms with Crippen molar-refractivity contribution in [1.29, 1.82) is 0 Å². The van der Waals surface area contributed by atoms with Gasteiger partial charge >= 0.3 is 0 Å². The molecule has 0 bridgehead atoms. The third-order valence-electron chi connectivity index (χ3n) is 5.22. The molecule has 0 atom stereocenters. The molecule has 146 valence electrons. The average molecular weight is 404 g/mol. The van der Waals surface area contributed by atoms with Gasteiger partial charge in [-0.2, -0.15) is 0 Å². The fraction of sp³-hybridized carbons (Fsp3) is 0.208. The number of piperidine rings is 1. The molecule has 0 saturated carbocycles. The number of hydrogen-bond donors (Lipinski definition) is 0. The van der Waals surface area contributed by atoms with Crippen LogP contribution >= 0.6 is 11.6 Å². The zero-order chi connectivity index (χ0) is 20.1. The van der Waals surface area contributed by atoms with Crippen LogP contribution in [0.2, 0.25) is 5.02 Å². The van der Waals surface area contributed by atoms with E-state index in [0.717, 1.165) is 48.6 Å². The lowest BCUT2D eigenvalue weighted by Crippen LogP contribution is -2.37. The van der Waals surface area contributed by atoms with Gasteiger partial charge in [-0.25, -0.2) is 9.97 Å². The summed E-state index contributed by atoms with van der Waals surface area (Å²) in [6, 6.07) is 19.5. The minimum atomic E-state index is 0.0473. The molecule has 4 nitrogen and oxygen atoms in total. The van der Waals surface area contributed by atoms with Crippen molar-refractivity contribution >= 4 is 23.6 Å². The van der Waals surface area contributed by atoms with Crippen LogP contribution < -0.4 is 0 Å². The van der Waals surface area contributed by atoms with Gasteiger partial charge in [0.15, 0.2) is 5.82 Å². The number of halogens is 1. The first-order valence-corrected chi connectivity index (χ1v) is 10.2. The second-order valence-corrected chi connectivity index (χ2v) is 7.59. The summed E-state index contributed by atoms with van der Waals surface area (Å²) in [5.41, 5.74) is 3.05. The molecule has 1 saturated heterocycles. The van der Waals surface area contributed by atoms with Gasteiger partial charge in [0.05, 0.1) is 0 Å². The lowest BCUT2D eigenvalue weighted by atomic mass is 9.93. The Morgan fingerprint density at radius 2 is 1.72 bits per heavy atom. The van der Waals surface area contributed by atoms with Gasteiger partial charge in [-0.05, 0) is 42.7 Å². The Balaban J connectivity index is 1.37. The highest BCUT2D eigenvalue weighted by atomic mass is 35.5. The first-order valence-electron chi connectivity index (χ1n) is 9.80. The Morgan fingerprint density at radius 1 is 1.00 bits per heavy atom. The molecule has 5 heteroatoms. The van der Waals surface area contributed by atoms with E-state index in [1.54, 1.807) is 6.08 Å².